The fraction of sp³-hybridized carbons (Fsp3) is 0.917. The molecule has 1 fully saturated rings. The second-order valence-electron chi connectivity index (χ2n) is 8.57. The zero-order chi connectivity index (χ0) is 21.5. The van der Waals surface area contributed by atoms with E-state index in [4.69, 9.17) is 10.5 Å². The molecule has 6 nitrogen and oxygen atoms in total. The summed E-state index contributed by atoms with van der Waals surface area (Å²) in [5.41, 5.74) is 0. The van der Waals surface area contributed by atoms with Crippen LogP contribution in [-0.4, -0.2) is 63.3 Å². The summed E-state index contributed by atoms with van der Waals surface area (Å²) in [6.07, 6.45) is 16.4. The predicted octanol–water partition coefficient (Wildman–Crippen LogP) is 3.56. The van der Waals surface area contributed by atoms with E-state index >= 15 is 0 Å². The summed E-state index contributed by atoms with van der Waals surface area (Å²) >= 11 is 0. The zero-order valence-electron chi connectivity index (χ0n) is 19.3. The van der Waals surface area contributed by atoms with Crippen LogP contribution in [0.2, 0.25) is 0 Å². The van der Waals surface area contributed by atoms with Gasteiger partial charge in [0.2, 0.25) is 0 Å². The standard InChI is InChI=1S/C24H46N6/c25-14-10-16-27-18-21-30(22-19-28-17-11-15-26)23-20-29-24-12-8-6-4-2-1-3-5-7-9-13-24/h24,27-29H,1-13,16-23H2. The maximum absolute atomic E-state index is 8.66. The summed E-state index contributed by atoms with van der Waals surface area (Å²) in [6.45, 7) is 7.47. The Labute approximate surface area is 185 Å². The van der Waals surface area contributed by atoms with E-state index < -0.39 is 0 Å². The average Bonchev–Trinajstić information content (AvgIpc) is 2.74. The van der Waals surface area contributed by atoms with E-state index in [1.807, 2.05) is 0 Å². The van der Waals surface area contributed by atoms with Gasteiger partial charge in [0, 0.05) is 71.2 Å². The van der Waals surface area contributed by atoms with E-state index in [0.717, 1.165) is 52.4 Å². The summed E-state index contributed by atoms with van der Waals surface area (Å²) in [5, 5.41) is 27.9. The first kappa shape index (κ1) is 26.9. The highest BCUT2D eigenvalue weighted by atomic mass is 15.2. The highest BCUT2D eigenvalue weighted by molar-refractivity contribution is 4.73. The molecule has 1 saturated carbocycles. The molecular formula is C24H46N6. The predicted molar refractivity (Wildman–Crippen MR) is 125 cm³/mol. The van der Waals surface area contributed by atoms with Crippen molar-refractivity contribution in [2.75, 3.05) is 52.4 Å². The second kappa shape index (κ2) is 21.1. The van der Waals surface area contributed by atoms with Crippen molar-refractivity contribution < 1.29 is 0 Å². The number of nitriles is 2. The molecule has 0 bridgehead atoms. The third kappa shape index (κ3) is 16.6. The van der Waals surface area contributed by atoms with Crippen molar-refractivity contribution in [3.63, 3.8) is 0 Å². The molecule has 0 aromatic carbocycles. The number of nitrogens with zero attached hydrogens (tertiary/aromatic N) is 3. The Morgan fingerprint density at radius 2 is 1.03 bits per heavy atom. The van der Waals surface area contributed by atoms with Crippen LogP contribution in [0, 0.1) is 22.7 Å². The normalized spacial score (nSPS) is 17.0. The van der Waals surface area contributed by atoms with Crippen molar-refractivity contribution in [3.05, 3.63) is 0 Å². The van der Waals surface area contributed by atoms with Gasteiger partial charge in [-0.1, -0.05) is 57.8 Å². The van der Waals surface area contributed by atoms with Gasteiger partial charge in [0.05, 0.1) is 12.1 Å². The van der Waals surface area contributed by atoms with Crippen LogP contribution in [-0.2, 0) is 0 Å². The topological polar surface area (TPSA) is 86.9 Å². The van der Waals surface area contributed by atoms with Gasteiger partial charge in [-0.25, -0.2) is 0 Å². The van der Waals surface area contributed by atoms with Gasteiger partial charge in [0.25, 0.3) is 0 Å². The lowest BCUT2D eigenvalue weighted by atomic mass is 9.98. The molecule has 0 radical (unpaired) electrons. The van der Waals surface area contributed by atoms with Crippen LogP contribution >= 0.6 is 0 Å². The summed E-state index contributed by atoms with van der Waals surface area (Å²) in [7, 11) is 0. The molecule has 1 rings (SSSR count). The molecule has 0 aromatic heterocycles. The lowest BCUT2D eigenvalue weighted by molar-refractivity contribution is 0.264. The molecule has 30 heavy (non-hydrogen) atoms. The van der Waals surface area contributed by atoms with Crippen LogP contribution < -0.4 is 16.0 Å². The van der Waals surface area contributed by atoms with Crippen LogP contribution in [0.15, 0.2) is 0 Å². The lowest BCUT2D eigenvalue weighted by Crippen LogP contribution is -2.42. The van der Waals surface area contributed by atoms with Crippen molar-refractivity contribution >= 4 is 0 Å². The van der Waals surface area contributed by atoms with Gasteiger partial charge in [-0.15, -0.1) is 0 Å². The van der Waals surface area contributed by atoms with Crippen molar-refractivity contribution in [1.82, 2.24) is 20.9 Å². The van der Waals surface area contributed by atoms with Crippen LogP contribution in [0.1, 0.15) is 83.5 Å². The van der Waals surface area contributed by atoms with Gasteiger partial charge >= 0.3 is 0 Å². The molecule has 0 atom stereocenters. The molecule has 1 aliphatic carbocycles. The minimum atomic E-state index is 0.568. The monoisotopic (exact) mass is 418 g/mol. The van der Waals surface area contributed by atoms with E-state index in [9.17, 15) is 0 Å². The molecule has 1 aliphatic rings. The maximum atomic E-state index is 8.66. The molecule has 0 aromatic rings. The molecule has 0 heterocycles. The highest BCUT2D eigenvalue weighted by Gasteiger charge is 2.10. The Morgan fingerprint density at radius 1 is 0.600 bits per heavy atom. The molecule has 3 N–H and O–H groups in total. The Morgan fingerprint density at radius 3 is 1.50 bits per heavy atom. The fourth-order valence-electron chi connectivity index (χ4n) is 4.14. The van der Waals surface area contributed by atoms with Gasteiger partial charge in [0.15, 0.2) is 0 Å². The van der Waals surface area contributed by atoms with E-state index in [-0.39, 0.29) is 0 Å². The third-order valence-corrected chi connectivity index (χ3v) is 6.00. The quantitative estimate of drug-likeness (QED) is 0.374. The van der Waals surface area contributed by atoms with Crippen molar-refractivity contribution in [3.8, 4) is 12.1 Å². The SMILES string of the molecule is N#CCCNCCN(CCNCCC#N)CCNC1CCCCCCCCCCC1. The number of hydrogen-bond acceptors (Lipinski definition) is 6. The van der Waals surface area contributed by atoms with Crippen LogP contribution in [0.3, 0.4) is 0 Å². The van der Waals surface area contributed by atoms with E-state index in [1.54, 1.807) is 0 Å². The Kier molecular flexibility index (Phi) is 18.9. The molecule has 0 spiro atoms. The molecule has 0 amide bonds. The number of nitrogens with one attached hydrogen (secondary N) is 3. The lowest BCUT2D eigenvalue weighted by Gasteiger charge is -2.25. The summed E-state index contributed by atoms with van der Waals surface area (Å²) in [5.74, 6) is 0. The van der Waals surface area contributed by atoms with Gasteiger partial charge in [-0.05, 0) is 12.8 Å². The molecule has 6 heteroatoms. The second-order valence-corrected chi connectivity index (χ2v) is 8.57. The third-order valence-electron chi connectivity index (χ3n) is 6.00. The van der Waals surface area contributed by atoms with E-state index in [0.29, 0.717) is 18.9 Å². The van der Waals surface area contributed by atoms with Crippen molar-refractivity contribution in [2.45, 2.75) is 89.5 Å². The first-order valence-electron chi connectivity index (χ1n) is 12.5. The minimum absolute atomic E-state index is 0.568. The summed E-state index contributed by atoms with van der Waals surface area (Å²) in [4.78, 5) is 2.49. The molecule has 0 unspecified atom stereocenters. The Hall–Kier alpha value is -1.18. The molecule has 172 valence electrons. The van der Waals surface area contributed by atoms with Gasteiger partial charge in [0.1, 0.15) is 0 Å². The maximum Gasteiger partial charge on any atom is 0.0635 e. The Balaban J connectivity index is 2.31. The first-order valence-corrected chi connectivity index (χ1v) is 12.5. The highest BCUT2D eigenvalue weighted by Crippen LogP contribution is 2.16. The Bertz CT molecular complexity index is 420. The zero-order valence-corrected chi connectivity index (χ0v) is 19.3. The van der Waals surface area contributed by atoms with Crippen LogP contribution in [0.5, 0.6) is 0 Å². The fourth-order valence-corrected chi connectivity index (χ4v) is 4.14. The van der Waals surface area contributed by atoms with E-state index in [1.165, 1.54) is 70.6 Å². The average molecular weight is 419 g/mol. The van der Waals surface area contributed by atoms with Crippen molar-refractivity contribution in [2.24, 2.45) is 0 Å². The molecular weight excluding hydrogens is 372 g/mol. The van der Waals surface area contributed by atoms with Gasteiger partial charge in [-0.2, -0.15) is 10.5 Å². The minimum Gasteiger partial charge on any atom is -0.314 e. The van der Waals surface area contributed by atoms with Crippen molar-refractivity contribution in [1.29, 1.82) is 10.5 Å². The van der Waals surface area contributed by atoms with Crippen LogP contribution in [0.25, 0.3) is 0 Å². The number of rotatable bonds is 14. The van der Waals surface area contributed by atoms with Gasteiger partial charge in [-0.3, -0.25) is 4.90 Å². The summed E-state index contributed by atoms with van der Waals surface area (Å²) < 4.78 is 0. The first-order chi connectivity index (χ1) is 14.9. The molecule has 0 saturated heterocycles. The molecule has 0 aliphatic heterocycles. The number of hydrogen-bond donors (Lipinski definition) is 3. The largest absolute Gasteiger partial charge is 0.314 e. The van der Waals surface area contributed by atoms with Gasteiger partial charge < -0.3 is 16.0 Å². The smallest absolute Gasteiger partial charge is 0.0635 e. The summed E-state index contributed by atoms with van der Waals surface area (Å²) in [6, 6.07) is 5.04. The van der Waals surface area contributed by atoms with Crippen LogP contribution in [0.4, 0.5) is 0 Å². The van der Waals surface area contributed by atoms with E-state index in [2.05, 4.69) is 33.0 Å².